The lowest BCUT2D eigenvalue weighted by Crippen LogP contribution is -2.35. The molecule has 0 saturated heterocycles. The molecule has 0 radical (unpaired) electrons. The van der Waals surface area contributed by atoms with E-state index in [9.17, 15) is 27.2 Å². The van der Waals surface area contributed by atoms with Gasteiger partial charge in [0.1, 0.15) is 5.82 Å². The number of nitrogens with zero attached hydrogens (tertiary/aromatic N) is 1. The second-order valence-corrected chi connectivity index (χ2v) is 7.49. The number of anilines is 2. The van der Waals surface area contributed by atoms with Crippen LogP contribution < -0.4 is 14.9 Å². The maximum Gasteiger partial charge on any atom is 0.416 e. The SMILES string of the molecule is CC(NC(=O)N(S)c1ccc(NC(=O)c2ccccc2F)cc1)c1cccc(C(F)(F)F)c1. The molecule has 3 amide bonds. The van der Waals surface area contributed by atoms with Crippen molar-refractivity contribution in [1.82, 2.24) is 5.32 Å². The van der Waals surface area contributed by atoms with Crippen LogP contribution in [0.3, 0.4) is 0 Å². The topological polar surface area (TPSA) is 61.4 Å². The van der Waals surface area contributed by atoms with E-state index in [1.807, 2.05) is 0 Å². The molecule has 10 heteroatoms. The van der Waals surface area contributed by atoms with Gasteiger partial charge in [0, 0.05) is 5.69 Å². The van der Waals surface area contributed by atoms with Gasteiger partial charge in [-0.15, -0.1) is 0 Å². The van der Waals surface area contributed by atoms with Gasteiger partial charge in [0.2, 0.25) is 0 Å². The van der Waals surface area contributed by atoms with E-state index in [-0.39, 0.29) is 11.1 Å². The number of nitrogens with one attached hydrogen (secondary N) is 2. The van der Waals surface area contributed by atoms with Gasteiger partial charge in [-0.2, -0.15) is 13.2 Å². The maximum absolute atomic E-state index is 13.7. The number of benzene rings is 3. The van der Waals surface area contributed by atoms with Gasteiger partial charge in [0.25, 0.3) is 5.91 Å². The summed E-state index contributed by atoms with van der Waals surface area (Å²) in [6.07, 6.45) is -4.49. The number of carbonyl (C=O) groups excluding carboxylic acids is 2. The number of halogens is 4. The zero-order valence-electron chi connectivity index (χ0n) is 17.2. The van der Waals surface area contributed by atoms with Gasteiger partial charge in [0.15, 0.2) is 0 Å². The van der Waals surface area contributed by atoms with E-state index in [0.29, 0.717) is 11.4 Å². The lowest BCUT2D eigenvalue weighted by Gasteiger charge is -2.21. The van der Waals surface area contributed by atoms with Gasteiger partial charge in [-0.3, -0.25) is 4.79 Å². The Bertz CT molecular complexity index is 1150. The van der Waals surface area contributed by atoms with Crippen molar-refractivity contribution < 1.29 is 27.2 Å². The van der Waals surface area contributed by atoms with Crippen molar-refractivity contribution >= 4 is 36.1 Å². The fourth-order valence-electron chi connectivity index (χ4n) is 2.96. The van der Waals surface area contributed by atoms with Crippen LogP contribution >= 0.6 is 12.8 Å². The average molecular weight is 477 g/mol. The minimum absolute atomic E-state index is 0.111. The molecule has 3 rings (SSSR count). The fourth-order valence-corrected chi connectivity index (χ4v) is 3.15. The molecular formula is C23H19F4N3O2S. The summed E-state index contributed by atoms with van der Waals surface area (Å²) in [5, 5.41) is 5.13. The Labute approximate surface area is 193 Å². The van der Waals surface area contributed by atoms with Crippen molar-refractivity contribution in [1.29, 1.82) is 0 Å². The van der Waals surface area contributed by atoms with Crippen LogP contribution in [0.2, 0.25) is 0 Å². The zero-order valence-corrected chi connectivity index (χ0v) is 18.1. The van der Waals surface area contributed by atoms with Crippen molar-refractivity contribution in [3.63, 3.8) is 0 Å². The molecule has 5 nitrogen and oxygen atoms in total. The van der Waals surface area contributed by atoms with Gasteiger partial charge in [0.05, 0.1) is 22.9 Å². The summed E-state index contributed by atoms with van der Waals surface area (Å²) in [6, 6.07) is 14.8. The number of hydrogen-bond donors (Lipinski definition) is 3. The molecule has 0 fully saturated rings. The monoisotopic (exact) mass is 477 g/mol. The number of thiol groups is 1. The molecular weight excluding hydrogens is 458 g/mol. The molecule has 0 heterocycles. The fraction of sp³-hybridized carbons (Fsp3) is 0.130. The molecule has 0 aliphatic heterocycles. The molecule has 33 heavy (non-hydrogen) atoms. The summed E-state index contributed by atoms with van der Waals surface area (Å²) in [4.78, 5) is 24.7. The number of carbonyl (C=O) groups is 2. The minimum atomic E-state index is -4.49. The molecule has 1 unspecified atom stereocenters. The number of alkyl halides is 3. The van der Waals surface area contributed by atoms with E-state index in [2.05, 4.69) is 23.4 Å². The third kappa shape index (κ3) is 6.04. The van der Waals surface area contributed by atoms with Crippen LogP contribution in [0.25, 0.3) is 0 Å². The smallest absolute Gasteiger partial charge is 0.330 e. The van der Waals surface area contributed by atoms with E-state index >= 15 is 0 Å². The average Bonchev–Trinajstić information content (AvgIpc) is 2.78. The number of rotatable bonds is 5. The molecule has 0 aliphatic rings. The van der Waals surface area contributed by atoms with Crippen LogP contribution in [-0.2, 0) is 6.18 Å². The summed E-state index contributed by atoms with van der Waals surface area (Å²) in [7, 11) is 0. The molecule has 3 aromatic carbocycles. The summed E-state index contributed by atoms with van der Waals surface area (Å²) in [6.45, 7) is 1.55. The first-order valence-electron chi connectivity index (χ1n) is 9.69. The second-order valence-electron chi connectivity index (χ2n) is 7.09. The Hall–Kier alpha value is -3.53. The van der Waals surface area contributed by atoms with E-state index in [1.54, 1.807) is 13.0 Å². The Morgan fingerprint density at radius 3 is 2.27 bits per heavy atom. The van der Waals surface area contributed by atoms with Gasteiger partial charge in [-0.05, 0) is 61.0 Å². The van der Waals surface area contributed by atoms with Crippen molar-refractivity contribution in [3.8, 4) is 0 Å². The summed E-state index contributed by atoms with van der Waals surface area (Å²) >= 11 is 4.15. The van der Waals surface area contributed by atoms with Crippen molar-refractivity contribution in [2.24, 2.45) is 0 Å². The Morgan fingerprint density at radius 1 is 0.970 bits per heavy atom. The van der Waals surface area contributed by atoms with E-state index < -0.39 is 35.5 Å². The number of urea groups is 1. The number of amides is 3. The largest absolute Gasteiger partial charge is 0.416 e. The standard InChI is InChI=1S/C23H19F4N3O2S/c1-14(15-5-4-6-16(13-15)23(25,26)27)28-22(32)30(33)18-11-9-17(10-12-18)29-21(31)19-7-2-3-8-20(19)24/h2-14,33H,1H3,(H,28,32)(H,29,31). The Kier molecular flexibility index (Phi) is 7.27. The first-order chi connectivity index (χ1) is 15.6. The Morgan fingerprint density at radius 2 is 1.64 bits per heavy atom. The highest BCUT2D eigenvalue weighted by atomic mass is 32.1. The molecule has 0 aromatic heterocycles. The molecule has 0 spiro atoms. The quantitative estimate of drug-likeness (QED) is 0.302. The lowest BCUT2D eigenvalue weighted by molar-refractivity contribution is -0.137. The number of hydrogen-bond acceptors (Lipinski definition) is 3. The normalized spacial score (nSPS) is 12.1. The molecule has 0 bridgehead atoms. The molecule has 0 saturated carbocycles. The first-order valence-corrected chi connectivity index (χ1v) is 10.1. The van der Waals surface area contributed by atoms with Crippen LogP contribution in [0, 0.1) is 5.82 Å². The lowest BCUT2D eigenvalue weighted by atomic mass is 10.1. The second kappa shape index (κ2) is 9.95. The van der Waals surface area contributed by atoms with Crippen molar-refractivity contribution in [2.75, 3.05) is 9.62 Å². The molecule has 172 valence electrons. The van der Waals surface area contributed by atoms with Gasteiger partial charge in [-0.1, -0.05) is 37.1 Å². The molecule has 3 aromatic rings. The van der Waals surface area contributed by atoms with E-state index in [1.165, 1.54) is 54.6 Å². The van der Waals surface area contributed by atoms with Gasteiger partial charge < -0.3 is 10.6 Å². The molecule has 1 atom stereocenters. The highest BCUT2D eigenvalue weighted by Crippen LogP contribution is 2.31. The van der Waals surface area contributed by atoms with Crippen molar-refractivity contribution in [3.05, 3.63) is 95.3 Å². The van der Waals surface area contributed by atoms with E-state index in [4.69, 9.17) is 0 Å². The third-order valence-electron chi connectivity index (χ3n) is 4.73. The zero-order chi connectivity index (χ0) is 24.2. The van der Waals surface area contributed by atoms with Crippen LogP contribution in [-0.4, -0.2) is 11.9 Å². The van der Waals surface area contributed by atoms with Crippen LogP contribution in [0.1, 0.15) is 34.5 Å². The van der Waals surface area contributed by atoms with Crippen LogP contribution in [0.15, 0.2) is 72.8 Å². The van der Waals surface area contributed by atoms with Gasteiger partial charge >= 0.3 is 12.2 Å². The summed E-state index contributed by atoms with van der Waals surface area (Å²) in [5.74, 6) is -1.28. The predicted molar refractivity (Wildman–Crippen MR) is 121 cm³/mol. The highest BCUT2D eigenvalue weighted by Gasteiger charge is 2.31. The van der Waals surface area contributed by atoms with Crippen molar-refractivity contribution in [2.45, 2.75) is 19.1 Å². The Balaban J connectivity index is 1.64. The first kappa shape index (κ1) is 24.1. The van der Waals surface area contributed by atoms with Crippen LogP contribution in [0.4, 0.5) is 33.7 Å². The highest BCUT2D eigenvalue weighted by molar-refractivity contribution is 7.82. The summed E-state index contributed by atoms with van der Waals surface area (Å²) < 4.78 is 53.5. The molecule has 2 N–H and O–H groups in total. The maximum atomic E-state index is 13.7. The third-order valence-corrected chi connectivity index (χ3v) is 5.15. The summed E-state index contributed by atoms with van der Waals surface area (Å²) in [5.41, 5.74) is 0.0748. The molecule has 0 aliphatic carbocycles. The predicted octanol–water partition coefficient (Wildman–Crippen LogP) is 6.22. The van der Waals surface area contributed by atoms with Gasteiger partial charge in [-0.25, -0.2) is 13.5 Å². The van der Waals surface area contributed by atoms with Crippen LogP contribution in [0.5, 0.6) is 0 Å². The van der Waals surface area contributed by atoms with E-state index in [0.717, 1.165) is 16.4 Å². The minimum Gasteiger partial charge on any atom is -0.330 e.